The van der Waals surface area contributed by atoms with E-state index in [0.29, 0.717) is 12.1 Å². The SMILES string of the molecule is CN(Cc1ccccn1)[C@@H](C(=O)O)c1ccc(F)cc1Cl. The summed E-state index contributed by atoms with van der Waals surface area (Å²) in [5.41, 5.74) is 1.09. The summed E-state index contributed by atoms with van der Waals surface area (Å²) in [7, 11) is 1.66. The first kappa shape index (κ1) is 15.4. The minimum Gasteiger partial charge on any atom is -0.480 e. The van der Waals surface area contributed by atoms with Gasteiger partial charge in [-0.05, 0) is 36.9 Å². The number of carboxylic acids is 1. The van der Waals surface area contributed by atoms with Crippen molar-refractivity contribution in [2.75, 3.05) is 7.05 Å². The van der Waals surface area contributed by atoms with Gasteiger partial charge in [-0.1, -0.05) is 23.7 Å². The van der Waals surface area contributed by atoms with E-state index in [1.54, 1.807) is 24.2 Å². The number of likely N-dealkylation sites (N-methyl/N-ethyl adjacent to an activating group) is 1. The molecule has 0 spiro atoms. The fourth-order valence-electron chi connectivity index (χ4n) is 2.12. The zero-order chi connectivity index (χ0) is 15.4. The third-order valence-corrected chi connectivity index (χ3v) is 3.40. The van der Waals surface area contributed by atoms with Gasteiger partial charge in [-0.3, -0.25) is 14.7 Å². The first-order valence-corrected chi connectivity index (χ1v) is 6.64. The van der Waals surface area contributed by atoms with E-state index < -0.39 is 17.8 Å². The van der Waals surface area contributed by atoms with E-state index in [-0.39, 0.29) is 5.02 Å². The molecule has 0 aliphatic rings. The highest BCUT2D eigenvalue weighted by atomic mass is 35.5. The van der Waals surface area contributed by atoms with Gasteiger partial charge in [-0.25, -0.2) is 4.39 Å². The molecular weight excluding hydrogens is 295 g/mol. The van der Waals surface area contributed by atoms with Crippen LogP contribution in [-0.2, 0) is 11.3 Å². The first-order valence-electron chi connectivity index (χ1n) is 6.27. The van der Waals surface area contributed by atoms with Gasteiger partial charge in [-0.2, -0.15) is 0 Å². The standard InChI is InChI=1S/C15H14ClFN2O2/c1-19(9-11-4-2-3-7-18-11)14(15(20)21)12-6-5-10(17)8-13(12)16/h2-8,14H,9H2,1H3,(H,20,21)/t14-/m1/s1. The van der Waals surface area contributed by atoms with Crippen molar-refractivity contribution >= 4 is 17.6 Å². The van der Waals surface area contributed by atoms with Crippen molar-refractivity contribution in [3.63, 3.8) is 0 Å². The second-order valence-electron chi connectivity index (χ2n) is 4.64. The molecule has 2 rings (SSSR count). The van der Waals surface area contributed by atoms with Crippen LogP contribution in [0.1, 0.15) is 17.3 Å². The molecule has 1 heterocycles. The van der Waals surface area contributed by atoms with Crippen molar-refractivity contribution in [1.82, 2.24) is 9.88 Å². The molecule has 0 saturated heterocycles. The van der Waals surface area contributed by atoms with Crippen LogP contribution in [0, 0.1) is 5.82 Å². The van der Waals surface area contributed by atoms with Crippen molar-refractivity contribution in [2.45, 2.75) is 12.6 Å². The molecule has 1 aromatic heterocycles. The van der Waals surface area contributed by atoms with E-state index in [1.807, 2.05) is 12.1 Å². The number of halogens is 2. The molecule has 4 nitrogen and oxygen atoms in total. The third kappa shape index (κ3) is 3.77. The van der Waals surface area contributed by atoms with Gasteiger partial charge in [-0.15, -0.1) is 0 Å². The number of nitrogens with zero attached hydrogens (tertiary/aromatic N) is 2. The predicted molar refractivity (Wildman–Crippen MR) is 77.5 cm³/mol. The van der Waals surface area contributed by atoms with Gasteiger partial charge in [0.2, 0.25) is 0 Å². The maximum atomic E-state index is 13.1. The lowest BCUT2D eigenvalue weighted by Gasteiger charge is -2.25. The van der Waals surface area contributed by atoms with Gasteiger partial charge < -0.3 is 5.11 Å². The van der Waals surface area contributed by atoms with E-state index in [2.05, 4.69) is 4.98 Å². The van der Waals surface area contributed by atoms with Gasteiger partial charge in [0.25, 0.3) is 0 Å². The number of hydrogen-bond acceptors (Lipinski definition) is 3. The molecule has 0 unspecified atom stereocenters. The van der Waals surface area contributed by atoms with Gasteiger partial charge in [0.15, 0.2) is 0 Å². The van der Waals surface area contributed by atoms with Crippen molar-refractivity contribution in [1.29, 1.82) is 0 Å². The molecular formula is C15H14ClFN2O2. The summed E-state index contributed by atoms with van der Waals surface area (Å²) in [6.07, 6.45) is 1.64. The van der Waals surface area contributed by atoms with Crippen LogP contribution in [0.2, 0.25) is 5.02 Å². The number of pyridine rings is 1. The second-order valence-corrected chi connectivity index (χ2v) is 5.05. The largest absolute Gasteiger partial charge is 0.480 e. The number of benzene rings is 1. The maximum Gasteiger partial charge on any atom is 0.325 e. The number of carboxylic acid groups (broad SMARTS) is 1. The molecule has 1 aromatic carbocycles. The Labute approximate surface area is 126 Å². The average Bonchev–Trinajstić information content (AvgIpc) is 2.42. The fraction of sp³-hybridized carbons (Fsp3) is 0.200. The van der Waals surface area contributed by atoms with Crippen LogP contribution < -0.4 is 0 Å². The average molecular weight is 309 g/mol. The van der Waals surface area contributed by atoms with Crippen LogP contribution in [0.4, 0.5) is 4.39 Å². The highest BCUT2D eigenvalue weighted by Gasteiger charge is 2.27. The summed E-state index contributed by atoms with van der Waals surface area (Å²) in [6.45, 7) is 0.339. The summed E-state index contributed by atoms with van der Waals surface area (Å²) in [5.74, 6) is -1.55. The molecule has 0 aliphatic heterocycles. The number of aliphatic carboxylic acids is 1. The summed E-state index contributed by atoms with van der Waals surface area (Å²) in [6, 6.07) is 8.16. The van der Waals surface area contributed by atoms with Crippen LogP contribution in [0.5, 0.6) is 0 Å². The Morgan fingerprint density at radius 2 is 2.19 bits per heavy atom. The molecule has 0 aliphatic carbocycles. The zero-order valence-electron chi connectivity index (χ0n) is 11.3. The van der Waals surface area contributed by atoms with Crippen LogP contribution in [-0.4, -0.2) is 28.0 Å². The van der Waals surface area contributed by atoms with Gasteiger partial charge in [0.1, 0.15) is 11.9 Å². The second kappa shape index (κ2) is 6.65. The minimum absolute atomic E-state index is 0.0928. The topological polar surface area (TPSA) is 53.4 Å². The van der Waals surface area contributed by atoms with E-state index in [4.69, 9.17) is 11.6 Å². The van der Waals surface area contributed by atoms with Crippen LogP contribution >= 0.6 is 11.6 Å². The molecule has 0 saturated carbocycles. The van der Waals surface area contributed by atoms with Crippen LogP contribution in [0.3, 0.4) is 0 Å². The maximum absolute atomic E-state index is 13.1. The summed E-state index contributed by atoms with van der Waals surface area (Å²) in [5, 5.41) is 9.55. The van der Waals surface area contributed by atoms with Crippen LogP contribution in [0.25, 0.3) is 0 Å². The molecule has 2 aromatic rings. The van der Waals surface area contributed by atoms with Crippen molar-refractivity contribution in [2.24, 2.45) is 0 Å². The van der Waals surface area contributed by atoms with Gasteiger partial charge in [0.05, 0.1) is 5.69 Å². The number of hydrogen-bond donors (Lipinski definition) is 1. The predicted octanol–water partition coefficient (Wildman–Crippen LogP) is 3.13. The van der Waals surface area contributed by atoms with Gasteiger partial charge >= 0.3 is 5.97 Å². The first-order chi connectivity index (χ1) is 9.99. The third-order valence-electron chi connectivity index (χ3n) is 3.07. The van der Waals surface area contributed by atoms with E-state index in [0.717, 1.165) is 11.8 Å². The smallest absolute Gasteiger partial charge is 0.325 e. The molecule has 1 N–H and O–H groups in total. The van der Waals surface area contributed by atoms with Crippen molar-refractivity contribution < 1.29 is 14.3 Å². The fourth-order valence-corrected chi connectivity index (χ4v) is 2.39. The quantitative estimate of drug-likeness (QED) is 0.922. The Kier molecular flexibility index (Phi) is 4.88. The molecule has 1 atom stereocenters. The lowest BCUT2D eigenvalue weighted by Crippen LogP contribution is -2.31. The zero-order valence-corrected chi connectivity index (χ0v) is 12.1. The summed E-state index contributed by atoms with van der Waals surface area (Å²) >= 11 is 5.97. The Balaban J connectivity index is 2.28. The lowest BCUT2D eigenvalue weighted by atomic mass is 10.1. The van der Waals surface area contributed by atoms with Crippen molar-refractivity contribution in [3.8, 4) is 0 Å². The van der Waals surface area contributed by atoms with Gasteiger partial charge in [0, 0.05) is 17.8 Å². The molecule has 21 heavy (non-hydrogen) atoms. The van der Waals surface area contributed by atoms with Crippen LogP contribution in [0.15, 0.2) is 42.6 Å². The molecule has 0 bridgehead atoms. The Bertz CT molecular complexity index is 637. The number of aromatic nitrogens is 1. The number of carbonyl (C=O) groups is 1. The molecule has 0 amide bonds. The monoisotopic (exact) mass is 308 g/mol. The molecule has 0 radical (unpaired) electrons. The molecule has 0 fully saturated rings. The van der Waals surface area contributed by atoms with Crippen molar-refractivity contribution in [3.05, 3.63) is 64.7 Å². The molecule has 6 heteroatoms. The lowest BCUT2D eigenvalue weighted by molar-refractivity contribution is -0.143. The van der Waals surface area contributed by atoms with E-state index in [1.165, 1.54) is 12.1 Å². The molecule has 110 valence electrons. The Hall–Kier alpha value is -1.98. The Morgan fingerprint density at radius 1 is 1.43 bits per heavy atom. The Morgan fingerprint density at radius 3 is 2.76 bits per heavy atom. The van der Waals surface area contributed by atoms with E-state index >= 15 is 0 Å². The highest BCUT2D eigenvalue weighted by molar-refractivity contribution is 6.31. The highest BCUT2D eigenvalue weighted by Crippen LogP contribution is 2.28. The van der Waals surface area contributed by atoms with E-state index in [9.17, 15) is 14.3 Å². The minimum atomic E-state index is -1.05. The normalized spacial score (nSPS) is 12.4. The summed E-state index contributed by atoms with van der Waals surface area (Å²) < 4.78 is 13.1. The summed E-state index contributed by atoms with van der Waals surface area (Å²) in [4.78, 5) is 17.3. The number of rotatable bonds is 5.